The summed E-state index contributed by atoms with van der Waals surface area (Å²) in [4.78, 5) is 13.8. The quantitative estimate of drug-likeness (QED) is 0.825. The second-order valence-electron chi connectivity index (χ2n) is 3.49. The van der Waals surface area contributed by atoms with Gasteiger partial charge in [0.1, 0.15) is 5.75 Å². The molecular formula is C11H12BrNO2. The molecule has 1 aromatic rings. The van der Waals surface area contributed by atoms with Crippen LogP contribution in [0.1, 0.15) is 16.8 Å². The molecule has 1 heterocycles. The lowest BCUT2D eigenvalue weighted by Crippen LogP contribution is -2.42. The lowest BCUT2D eigenvalue weighted by atomic mass is 10.1. The van der Waals surface area contributed by atoms with Crippen LogP contribution in [-0.4, -0.2) is 31.0 Å². The Morgan fingerprint density at radius 1 is 1.47 bits per heavy atom. The van der Waals surface area contributed by atoms with Gasteiger partial charge >= 0.3 is 0 Å². The molecule has 0 atom stereocenters. The zero-order chi connectivity index (χ0) is 10.8. The maximum atomic E-state index is 11.9. The molecule has 0 N–H and O–H groups in total. The van der Waals surface area contributed by atoms with Crippen LogP contribution in [0.25, 0.3) is 0 Å². The van der Waals surface area contributed by atoms with Gasteiger partial charge in [0.2, 0.25) is 0 Å². The van der Waals surface area contributed by atoms with Crippen LogP contribution in [0.15, 0.2) is 22.7 Å². The number of hydrogen-bond acceptors (Lipinski definition) is 2. The van der Waals surface area contributed by atoms with Gasteiger partial charge in [-0.3, -0.25) is 4.79 Å². The standard InChI is InChI=1S/C11H12BrNO2/c1-15-10-7-8(12)3-4-9(10)11(14)13-5-2-6-13/h3-4,7H,2,5-6H2,1H3. The summed E-state index contributed by atoms with van der Waals surface area (Å²) in [6, 6.07) is 5.46. The van der Waals surface area contributed by atoms with Crippen LogP contribution in [0.2, 0.25) is 0 Å². The van der Waals surface area contributed by atoms with Gasteiger partial charge in [-0.25, -0.2) is 0 Å². The lowest BCUT2D eigenvalue weighted by molar-refractivity contribution is 0.0648. The predicted molar refractivity (Wildman–Crippen MR) is 61.2 cm³/mol. The summed E-state index contributed by atoms with van der Waals surface area (Å²) in [7, 11) is 1.58. The molecule has 1 saturated heterocycles. The fourth-order valence-corrected chi connectivity index (χ4v) is 1.87. The largest absolute Gasteiger partial charge is 0.496 e. The highest BCUT2D eigenvalue weighted by atomic mass is 79.9. The first kappa shape index (κ1) is 10.5. The monoisotopic (exact) mass is 269 g/mol. The first-order valence-electron chi connectivity index (χ1n) is 4.85. The highest BCUT2D eigenvalue weighted by Gasteiger charge is 2.24. The molecule has 0 bridgehead atoms. The molecule has 1 aliphatic heterocycles. The lowest BCUT2D eigenvalue weighted by Gasteiger charge is -2.31. The van der Waals surface area contributed by atoms with Crippen LogP contribution >= 0.6 is 15.9 Å². The van der Waals surface area contributed by atoms with E-state index in [1.165, 1.54) is 0 Å². The predicted octanol–water partition coefficient (Wildman–Crippen LogP) is 2.30. The van der Waals surface area contributed by atoms with Gasteiger partial charge in [-0.15, -0.1) is 0 Å². The highest BCUT2D eigenvalue weighted by molar-refractivity contribution is 9.10. The molecule has 1 aliphatic rings. The molecule has 1 fully saturated rings. The van der Waals surface area contributed by atoms with E-state index in [0.29, 0.717) is 11.3 Å². The Bertz CT molecular complexity index is 388. The first-order valence-corrected chi connectivity index (χ1v) is 5.64. The Morgan fingerprint density at radius 2 is 2.20 bits per heavy atom. The van der Waals surface area contributed by atoms with Gasteiger partial charge < -0.3 is 9.64 Å². The summed E-state index contributed by atoms with van der Waals surface area (Å²) in [5.74, 6) is 0.687. The van der Waals surface area contributed by atoms with Gasteiger partial charge in [0.05, 0.1) is 12.7 Å². The second-order valence-corrected chi connectivity index (χ2v) is 4.41. The topological polar surface area (TPSA) is 29.5 Å². The number of amides is 1. The third kappa shape index (κ3) is 2.00. The number of benzene rings is 1. The van der Waals surface area contributed by atoms with Gasteiger partial charge in [0.25, 0.3) is 5.91 Å². The van der Waals surface area contributed by atoms with E-state index in [9.17, 15) is 4.79 Å². The van der Waals surface area contributed by atoms with Crippen LogP contribution in [-0.2, 0) is 0 Å². The summed E-state index contributed by atoms with van der Waals surface area (Å²) >= 11 is 3.35. The van der Waals surface area contributed by atoms with Crippen molar-refractivity contribution in [1.29, 1.82) is 0 Å². The minimum atomic E-state index is 0.0607. The summed E-state index contributed by atoms with van der Waals surface area (Å²) < 4.78 is 6.10. The van der Waals surface area contributed by atoms with Gasteiger partial charge in [-0.2, -0.15) is 0 Å². The molecule has 80 valence electrons. The van der Waals surface area contributed by atoms with Gasteiger partial charge in [-0.05, 0) is 24.6 Å². The van der Waals surface area contributed by atoms with Crippen molar-refractivity contribution < 1.29 is 9.53 Å². The number of halogens is 1. The number of likely N-dealkylation sites (tertiary alicyclic amines) is 1. The number of hydrogen-bond donors (Lipinski definition) is 0. The number of nitrogens with zero attached hydrogens (tertiary/aromatic N) is 1. The number of carbonyl (C=O) groups excluding carboxylic acids is 1. The van der Waals surface area contributed by atoms with E-state index >= 15 is 0 Å². The smallest absolute Gasteiger partial charge is 0.257 e. The van der Waals surface area contributed by atoms with Crippen LogP contribution in [0.5, 0.6) is 5.75 Å². The van der Waals surface area contributed by atoms with Gasteiger partial charge in [-0.1, -0.05) is 15.9 Å². The van der Waals surface area contributed by atoms with E-state index in [1.54, 1.807) is 13.2 Å². The van der Waals surface area contributed by atoms with Gasteiger partial charge in [0.15, 0.2) is 0 Å². The maximum Gasteiger partial charge on any atom is 0.257 e. The SMILES string of the molecule is COc1cc(Br)ccc1C(=O)N1CCC1. The summed E-state index contributed by atoms with van der Waals surface area (Å²) in [6.07, 6.45) is 1.10. The van der Waals surface area contributed by atoms with Crippen LogP contribution < -0.4 is 4.74 Å². The average molecular weight is 270 g/mol. The zero-order valence-electron chi connectivity index (χ0n) is 8.50. The average Bonchev–Trinajstić information content (AvgIpc) is 2.14. The molecule has 0 saturated carbocycles. The maximum absolute atomic E-state index is 11.9. The minimum Gasteiger partial charge on any atom is -0.496 e. The van der Waals surface area contributed by atoms with E-state index < -0.39 is 0 Å². The van der Waals surface area contributed by atoms with E-state index in [0.717, 1.165) is 24.0 Å². The number of ether oxygens (including phenoxy) is 1. The molecule has 1 aromatic carbocycles. The van der Waals surface area contributed by atoms with Crippen molar-refractivity contribution in [2.75, 3.05) is 20.2 Å². The Labute approximate surface area is 97.2 Å². The van der Waals surface area contributed by atoms with Crippen molar-refractivity contribution in [3.8, 4) is 5.75 Å². The van der Waals surface area contributed by atoms with Crippen molar-refractivity contribution in [2.24, 2.45) is 0 Å². The Kier molecular flexibility index (Phi) is 2.95. The Hall–Kier alpha value is -1.03. The molecule has 4 heteroatoms. The van der Waals surface area contributed by atoms with E-state index in [2.05, 4.69) is 15.9 Å². The van der Waals surface area contributed by atoms with E-state index in [1.807, 2.05) is 17.0 Å². The first-order chi connectivity index (χ1) is 7.22. The van der Waals surface area contributed by atoms with E-state index in [4.69, 9.17) is 4.74 Å². The molecule has 0 spiro atoms. The number of rotatable bonds is 2. The van der Waals surface area contributed by atoms with Crippen LogP contribution in [0.4, 0.5) is 0 Å². The van der Waals surface area contributed by atoms with Crippen LogP contribution in [0.3, 0.4) is 0 Å². The van der Waals surface area contributed by atoms with Crippen molar-refractivity contribution in [2.45, 2.75) is 6.42 Å². The summed E-state index contributed by atoms with van der Waals surface area (Å²) in [5.41, 5.74) is 0.639. The molecule has 1 amide bonds. The van der Waals surface area contributed by atoms with Crippen molar-refractivity contribution >= 4 is 21.8 Å². The highest BCUT2D eigenvalue weighted by Crippen LogP contribution is 2.25. The molecule has 2 rings (SSSR count). The Balaban J connectivity index is 2.29. The third-order valence-electron chi connectivity index (χ3n) is 2.54. The fourth-order valence-electron chi connectivity index (χ4n) is 1.53. The Morgan fingerprint density at radius 3 is 2.73 bits per heavy atom. The molecular weight excluding hydrogens is 258 g/mol. The molecule has 0 unspecified atom stereocenters. The minimum absolute atomic E-state index is 0.0607. The molecule has 0 aromatic heterocycles. The van der Waals surface area contributed by atoms with Crippen molar-refractivity contribution in [3.63, 3.8) is 0 Å². The molecule has 0 radical (unpaired) electrons. The van der Waals surface area contributed by atoms with Crippen molar-refractivity contribution in [1.82, 2.24) is 4.90 Å². The third-order valence-corrected chi connectivity index (χ3v) is 3.03. The van der Waals surface area contributed by atoms with Crippen LogP contribution in [0, 0.1) is 0 Å². The normalized spacial score (nSPS) is 14.7. The zero-order valence-corrected chi connectivity index (χ0v) is 10.1. The molecule has 0 aliphatic carbocycles. The van der Waals surface area contributed by atoms with Crippen molar-refractivity contribution in [3.05, 3.63) is 28.2 Å². The summed E-state index contributed by atoms with van der Waals surface area (Å²) in [6.45, 7) is 1.72. The second kappa shape index (κ2) is 4.23. The number of carbonyl (C=O) groups is 1. The summed E-state index contributed by atoms with van der Waals surface area (Å²) in [5, 5.41) is 0. The van der Waals surface area contributed by atoms with Gasteiger partial charge in [0, 0.05) is 17.6 Å². The van der Waals surface area contributed by atoms with E-state index in [-0.39, 0.29) is 5.91 Å². The molecule has 3 nitrogen and oxygen atoms in total. The molecule has 15 heavy (non-hydrogen) atoms. The fraction of sp³-hybridized carbons (Fsp3) is 0.364. The number of methoxy groups -OCH3 is 1.